The summed E-state index contributed by atoms with van der Waals surface area (Å²) in [5.41, 5.74) is 1.66. The van der Waals surface area contributed by atoms with Crippen molar-refractivity contribution in [1.29, 1.82) is 0 Å². The highest BCUT2D eigenvalue weighted by atomic mass is 16.5. The minimum Gasteiger partial charge on any atom is -0.465 e. The van der Waals surface area contributed by atoms with Crippen LogP contribution in [0.4, 0.5) is 0 Å². The van der Waals surface area contributed by atoms with Gasteiger partial charge < -0.3 is 14.8 Å². The Morgan fingerprint density at radius 1 is 1.28 bits per heavy atom. The highest BCUT2D eigenvalue weighted by molar-refractivity contribution is 5.89. The summed E-state index contributed by atoms with van der Waals surface area (Å²) in [7, 11) is 1.39. The minimum absolute atomic E-state index is 0.305. The van der Waals surface area contributed by atoms with Crippen LogP contribution in [0.1, 0.15) is 28.8 Å². The highest BCUT2D eigenvalue weighted by Gasteiger charge is 2.13. The molecule has 4 nitrogen and oxygen atoms in total. The van der Waals surface area contributed by atoms with Crippen molar-refractivity contribution in [2.45, 2.75) is 25.6 Å². The van der Waals surface area contributed by atoms with Crippen molar-refractivity contribution in [2.75, 3.05) is 20.2 Å². The van der Waals surface area contributed by atoms with Crippen molar-refractivity contribution in [3.05, 3.63) is 35.4 Å². The molecule has 18 heavy (non-hydrogen) atoms. The Hall–Kier alpha value is -1.39. The van der Waals surface area contributed by atoms with Gasteiger partial charge in [0.1, 0.15) is 0 Å². The van der Waals surface area contributed by atoms with Gasteiger partial charge in [0.2, 0.25) is 0 Å². The number of methoxy groups -OCH3 is 1. The molecule has 4 heteroatoms. The van der Waals surface area contributed by atoms with E-state index in [-0.39, 0.29) is 5.97 Å². The summed E-state index contributed by atoms with van der Waals surface area (Å²) >= 11 is 0. The molecular weight excluding hydrogens is 230 g/mol. The average Bonchev–Trinajstić information content (AvgIpc) is 2.46. The van der Waals surface area contributed by atoms with Gasteiger partial charge in [0.25, 0.3) is 0 Å². The molecule has 1 aliphatic rings. The molecule has 1 heterocycles. The maximum atomic E-state index is 11.3. The number of hydrogen-bond donors (Lipinski definition) is 1. The predicted octanol–water partition coefficient (Wildman–Crippen LogP) is 1.74. The van der Waals surface area contributed by atoms with Crippen LogP contribution >= 0.6 is 0 Å². The molecule has 1 aromatic rings. The quantitative estimate of drug-likeness (QED) is 0.826. The molecule has 0 unspecified atom stereocenters. The normalized spacial score (nSPS) is 16.5. The van der Waals surface area contributed by atoms with Gasteiger partial charge in [0.15, 0.2) is 0 Å². The van der Waals surface area contributed by atoms with Crippen molar-refractivity contribution >= 4 is 5.97 Å². The molecule has 0 aromatic heterocycles. The molecule has 1 N–H and O–H groups in total. The second kappa shape index (κ2) is 6.52. The van der Waals surface area contributed by atoms with Gasteiger partial charge in [0, 0.05) is 0 Å². The zero-order valence-corrected chi connectivity index (χ0v) is 10.6. The van der Waals surface area contributed by atoms with Gasteiger partial charge in [-0.25, -0.2) is 4.79 Å². The van der Waals surface area contributed by atoms with E-state index in [0.29, 0.717) is 18.3 Å². The number of hydrogen-bond acceptors (Lipinski definition) is 4. The molecule has 1 aliphatic heterocycles. The third kappa shape index (κ3) is 3.55. The number of nitrogens with one attached hydrogen (secondary N) is 1. The summed E-state index contributed by atoms with van der Waals surface area (Å²) in [6.45, 7) is 2.67. The second-order valence-electron chi connectivity index (χ2n) is 4.45. The Morgan fingerprint density at radius 2 is 1.94 bits per heavy atom. The topological polar surface area (TPSA) is 47.6 Å². The van der Waals surface area contributed by atoms with Crippen molar-refractivity contribution in [2.24, 2.45) is 0 Å². The van der Waals surface area contributed by atoms with Crippen molar-refractivity contribution in [1.82, 2.24) is 5.32 Å². The largest absolute Gasteiger partial charge is 0.465 e. The Balaban J connectivity index is 1.84. The van der Waals surface area contributed by atoms with Crippen LogP contribution in [0.2, 0.25) is 0 Å². The lowest BCUT2D eigenvalue weighted by Gasteiger charge is -2.22. The lowest BCUT2D eigenvalue weighted by atomic mass is 10.1. The molecular formula is C14H19NO3. The van der Waals surface area contributed by atoms with Gasteiger partial charge in [-0.1, -0.05) is 12.1 Å². The zero-order chi connectivity index (χ0) is 12.8. The van der Waals surface area contributed by atoms with Crippen LogP contribution < -0.4 is 5.32 Å². The molecule has 0 saturated carbocycles. The van der Waals surface area contributed by atoms with E-state index < -0.39 is 0 Å². The summed E-state index contributed by atoms with van der Waals surface area (Å²) in [5, 5.41) is 3.31. The third-order valence-corrected chi connectivity index (χ3v) is 3.15. The average molecular weight is 249 g/mol. The highest BCUT2D eigenvalue weighted by Crippen LogP contribution is 2.12. The number of rotatable bonds is 4. The lowest BCUT2D eigenvalue weighted by molar-refractivity contribution is 0.0212. The van der Waals surface area contributed by atoms with E-state index in [2.05, 4.69) is 10.1 Å². The Labute approximate surface area is 107 Å². The van der Waals surface area contributed by atoms with Crippen LogP contribution in [0.15, 0.2) is 24.3 Å². The predicted molar refractivity (Wildman–Crippen MR) is 68.5 cm³/mol. The molecule has 2 rings (SSSR count). The SMILES string of the molecule is COC(=O)c1ccc(COC2CCNCC2)cc1. The van der Waals surface area contributed by atoms with Crippen LogP contribution in [0, 0.1) is 0 Å². The first kappa shape index (κ1) is 13.1. The molecule has 0 amide bonds. The second-order valence-corrected chi connectivity index (χ2v) is 4.45. The number of carbonyl (C=O) groups is 1. The van der Waals surface area contributed by atoms with E-state index in [4.69, 9.17) is 4.74 Å². The zero-order valence-electron chi connectivity index (χ0n) is 10.6. The fourth-order valence-electron chi connectivity index (χ4n) is 2.03. The van der Waals surface area contributed by atoms with Crippen LogP contribution in [0.25, 0.3) is 0 Å². The fraction of sp³-hybridized carbons (Fsp3) is 0.500. The Kier molecular flexibility index (Phi) is 4.73. The summed E-state index contributed by atoms with van der Waals surface area (Å²) in [5.74, 6) is -0.305. The molecule has 0 aliphatic carbocycles. The number of esters is 1. The van der Waals surface area contributed by atoms with E-state index >= 15 is 0 Å². The summed E-state index contributed by atoms with van der Waals surface area (Å²) < 4.78 is 10.5. The Morgan fingerprint density at radius 3 is 2.56 bits per heavy atom. The molecule has 0 bridgehead atoms. The molecule has 0 spiro atoms. The first-order chi connectivity index (χ1) is 8.79. The monoisotopic (exact) mass is 249 g/mol. The van der Waals surface area contributed by atoms with Crippen LogP contribution in [-0.2, 0) is 16.1 Å². The van der Waals surface area contributed by atoms with E-state index in [1.165, 1.54) is 7.11 Å². The maximum Gasteiger partial charge on any atom is 0.337 e. The maximum absolute atomic E-state index is 11.3. The van der Waals surface area contributed by atoms with Gasteiger partial charge in [-0.3, -0.25) is 0 Å². The minimum atomic E-state index is -0.305. The first-order valence-corrected chi connectivity index (χ1v) is 6.29. The van der Waals surface area contributed by atoms with Gasteiger partial charge in [-0.2, -0.15) is 0 Å². The van der Waals surface area contributed by atoms with Gasteiger partial charge in [0.05, 0.1) is 25.4 Å². The molecule has 1 saturated heterocycles. The van der Waals surface area contributed by atoms with E-state index in [0.717, 1.165) is 31.5 Å². The molecule has 98 valence electrons. The van der Waals surface area contributed by atoms with Crippen LogP contribution in [0.5, 0.6) is 0 Å². The first-order valence-electron chi connectivity index (χ1n) is 6.29. The van der Waals surface area contributed by atoms with Crippen LogP contribution in [-0.4, -0.2) is 32.3 Å². The standard InChI is InChI=1S/C14H19NO3/c1-17-14(16)12-4-2-11(3-5-12)10-18-13-6-8-15-9-7-13/h2-5,13,15H,6-10H2,1H3. The molecule has 1 fully saturated rings. The molecule has 0 radical (unpaired) electrons. The third-order valence-electron chi connectivity index (χ3n) is 3.15. The molecule has 1 aromatic carbocycles. The van der Waals surface area contributed by atoms with E-state index in [9.17, 15) is 4.79 Å². The van der Waals surface area contributed by atoms with Crippen molar-refractivity contribution in [3.63, 3.8) is 0 Å². The van der Waals surface area contributed by atoms with Gasteiger partial charge >= 0.3 is 5.97 Å². The van der Waals surface area contributed by atoms with E-state index in [1.54, 1.807) is 12.1 Å². The van der Waals surface area contributed by atoms with Crippen molar-refractivity contribution < 1.29 is 14.3 Å². The van der Waals surface area contributed by atoms with Gasteiger partial charge in [-0.05, 0) is 43.6 Å². The smallest absolute Gasteiger partial charge is 0.337 e. The van der Waals surface area contributed by atoms with Crippen LogP contribution in [0.3, 0.4) is 0 Å². The Bertz CT molecular complexity index is 383. The van der Waals surface area contributed by atoms with E-state index in [1.807, 2.05) is 12.1 Å². The summed E-state index contributed by atoms with van der Waals surface area (Å²) in [6, 6.07) is 7.36. The lowest BCUT2D eigenvalue weighted by Crippen LogP contribution is -2.32. The number of carbonyl (C=O) groups excluding carboxylic acids is 1. The van der Waals surface area contributed by atoms with Crippen molar-refractivity contribution in [3.8, 4) is 0 Å². The number of piperidine rings is 1. The summed E-state index contributed by atoms with van der Waals surface area (Å²) in [6.07, 6.45) is 2.49. The molecule has 0 atom stereocenters. The van der Waals surface area contributed by atoms with Gasteiger partial charge in [-0.15, -0.1) is 0 Å². The number of ether oxygens (including phenoxy) is 2. The number of benzene rings is 1. The fourth-order valence-corrected chi connectivity index (χ4v) is 2.03. The summed E-state index contributed by atoms with van der Waals surface area (Å²) in [4.78, 5) is 11.3.